The Morgan fingerprint density at radius 2 is 1.79 bits per heavy atom. The van der Waals surface area contributed by atoms with E-state index in [1.54, 1.807) is 7.11 Å². The normalized spacial score (nSPS) is 15.6. The molecule has 2 heterocycles. The Bertz CT molecular complexity index is 1200. The summed E-state index contributed by atoms with van der Waals surface area (Å²) < 4.78 is 12.3. The van der Waals surface area contributed by atoms with Gasteiger partial charge in [0, 0.05) is 25.0 Å². The summed E-state index contributed by atoms with van der Waals surface area (Å²) in [7, 11) is 1.65. The highest BCUT2D eigenvalue weighted by molar-refractivity contribution is 7.22. The summed E-state index contributed by atoms with van der Waals surface area (Å²) in [5, 5.41) is 0.712. The molecule has 1 atom stereocenters. The van der Waals surface area contributed by atoms with Crippen LogP contribution in [-0.2, 0) is 9.53 Å². The first-order valence-corrected chi connectivity index (χ1v) is 12.5. The lowest BCUT2D eigenvalue weighted by atomic mass is 9.88. The van der Waals surface area contributed by atoms with E-state index in [1.807, 2.05) is 59.5 Å². The summed E-state index contributed by atoms with van der Waals surface area (Å²) in [6.07, 6.45) is 2.39. The molecule has 0 spiro atoms. The molecule has 1 fully saturated rings. The van der Waals surface area contributed by atoms with E-state index in [0.717, 1.165) is 46.5 Å². The smallest absolute Gasteiger partial charge is 0.229 e. The summed E-state index contributed by atoms with van der Waals surface area (Å²) in [6, 6.07) is 26.4. The molecule has 0 saturated carbocycles. The van der Waals surface area contributed by atoms with Crippen LogP contribution in [0.3, 0.4) is 0 Å². The second kappa shape index (κ2) is 10.4. The molecule has 4 aromatic rings. The van der Waals surface area contributed by atoms with Crippen LogP contribution in [0.15, 0.2) is 78.9 Å². The molecule has 0 N–H and O–H groups in total. The number of thiazole rings is 1. The van der Waals surface area contributed by atoms with E-state index in [4.69, 9.17) is 14.5 Å². The van der Waals surface area contributed by atoms with Crippen LogP contribution in [0.1, 0.15) is 36.3 Å². The predicted molar refractivity (Wildman–Crippen MR) is 137 cm³/mol. The Hall–Kier alpha value is -3.22. The van der Waals surface area contributed by atoms with Gasteiger partial charge in [0.2, 0.25) is 5.91 Å². The fourth-order valence-corrected chi connectivity index (χ4v) is 5.47. The van der Waals surface area contributed by atoms with Crippen molar-refractivity contribution in [3.8, 4) is 5.75 Å². The molecule has 34 heavy (non-hydrogen) atoms. The van der Waals surface area contributed by atoms with Crippen LogP contribution in [0, 0.1) is 0 Å². The van der Waals surface area contributed by atoms with Gasteiger partial charge >= 0.3 is 0 Å². The first-order chi connectivity index (χ1) is 16.7. The topological polar surface area (TPSA) is 51.7 Å². The van der Waals surface area contributed by atoms with Crippen molar-refractivity contribution in [2.75, 3.05) is 25.2 Å². The number of fused-ring (bicyclic) bond motifs is 1. The molecular weight excluding hydrogens is 444 g/mol. The first-order valence-electron chi connectivity index (χ1n) is 11.7. The van der Waals surface area contributed by atoms with E-state index in [1.165, 1.54) is 11.3 Å². The van der Waals surface area contributed by atoms with Crippen molar-refractivity contribution in [3.63, 3.8) is 0 Å². The lowest BCUT2D eigenvalue weighted by molar-refractivity contribution is -0.119. The number of methoxy groups -OCH3 is 1. The van der Waals surface area contributed by atoms with Crippen molar-refractivity contribution in [2.45, 2.75) is 31.3 Å². The standard InChI is InChI=1S/C28H28N2O3S/c1-32-22-14-15-26-25(17-22)29-28(34-26)30(19-23-13-8-16-33-23)27(31)18-24(20-9-4-2-5-10-20)21-11-6-3-7-12-21/h2-7,9-12,14-15,17,23-24H,8,13,16,18-19H2,1H3/t23-/m1/s1. The maximum atomic E-state index is 13.9. The van der Waals surface area contributed by atoms with Crippen LogP contribution in [0.5, 0.6) is 5.75 Å². The third kappa shape index (κ3) is 4.98. The van der Waals surface area contributed by atoms with E-state index in [-0.39, 0.29) is 17.9 Å². The molecule has 3 aromatic carbocycles. The van der Waals surface area contributed by atoms with Gasteiger partial charge in [0.1, 0.15) is 5.75 Å². The largest absolute Gasteiger partial charge is 0.497 e. The Morgan fingerprint density at radius 1 is 1.09 bits per heavy atom. The van der Waals surface area contributed by atoms with E-state index in [9.17, 15) is 4.79 Å². The number of ether oxygens (including phenoxy) is 2. The lowest BCUT2D eigenvalue weighted by Gasteiger charge is -2.26. The van der Waals surface area contributed by atoms with Gasteiger partial charge in [-0.25, -0.2) is 4.98 Å². The minimum Gasteiger partial charge on any atom is -0.497 e. The van der Waals surface area contributed by atoms with Gasteiger partial charge in [0.05, 0.1) is 30.0 Å². The molecule has 1 aliphatic rings. The summed E-state index contributed by atoms with van der Waals surface area (Å²) in [5.41, 5.74) is 3.11. The number of anilines is 1. The van der Waals surface area contributed by atoms with Gasteiger partial charge in [0.15, 0.2) is 5.13 Å². The summed E-state index contributed by atoms with van der Waals surface area (Å²) in [5.74, 6) is 0.783. The number of hydrogen-bond donors (Lipinski definition) is 0. The molecule has 1 aliphatic heterocycles. The van der Waals surface area contributed by atoms with Gasteiger partial charge in [-0.05, 0) is 36.1 Å². The molecule has 1 aromatic heterocycles. The summed E-state index contributed by atoms with van der Waals surface area (Å²) in [6.45, 7) is 1.27. The second-order valence-electron chi connectivity index (χ2n) is 8.55. The predicted octanol–water partition coefficient (Wildman–Crippen LogP) is 6.04. The van der Waals surface area contributed by atoms with E-state index in [0.29, 0.717) is 18.1 Å². The fraction of sp³-hybridized carbons (Fsp3) is 0.286. The molecule has 0 bridgehead atoms. The highest BCUT2D eigenvalue weighted by atomic mass is 32.1. The lowest BCUT2D eigenvalue weighted by Crippen LogP contribution is -2.38. The molecule has 0 radical (unpaired) electrons. The van der Waals surface area contributed by atoms with Crippen LogP contribution in [0.4, 0.5) is 5.13 Å². The van der Waals surface area contributed by atoms with Crippen molar-refractivity contribution < 1.29 is 14.3 Å². The number of nitrogens with zero attached hydrogens (tertiary/aromatic N) is 2. The van der Waals surface area contributed by atoms with Gasteiger partial charge in [-0.3, -0.25) is 9.69 Å². The number of hydrogen-bond acceptors (Lipinski definition) is 5. The molecule has 174 valence electrons. The Balaban J connectivity index is 1.48. The Labute approximate surface area is 204 Å². The Morgan fingerprint density at radius 3 is 2.41 bits per heavy atom. The fourth-order valence-electron chi connectivity index (χ4n) is 4.50. The molecule has 0 aliphatic carbocycles. The van der Waals surface area contributed by atoms with Crippen molar-refractivity contribution in [1.82, 2.24) is 4.98 Å². The molecule has 5 rings (SSSR count). The third-order valence-electron chi connectivity index (χ3n) is 6.31. The van der Waals surface area contributed by atoms with Gasteiger partial charge in [-0.15, -0.1) is 0 Å². The van der Waals surface area contributed by atoms with E-state index >= 15 is 0 Å². The van der Waals surface area contributed by atoms with Crippen LogP contribution in [0.2, 0.25) is 0 Å². The maximum absolute atomic E-state index is 13.9. The number of amides is 1. The minimum atomic E-state index is -0.0311. The molecular formula is C28H28N2O3S. The zero-order chi connectivity index (χ0) is 23.3. The van der Waals surface area contributed by atoms with Gasteiger partial charge in [-0.1, -0.05) is 72.0 Å². The minimum absolute atomic E-state index is 0.0311. The van der Waals surface area contributed by atoms with Gasteiger partial charge in [0.25, 0.3) is 0 Å². The zero-order valence-corrected chi connectivity index (χ0v) is 20.0. The SMILES string of the molecule is COc1ccc2sc(N(C[C@H]3CCCO3)C(=O)CC(c3ccccc3)c3ccccc3)nc2c1. The van der Waals surface area contributed by atoms with Crippen LogP contribution < -0.4 is 9.64 Å². The van der Waals surface area contributed by atoms with Crippen LogP contribution in [0.25, 0.3) is 10.2 Å². The maximum Gasteiger partial charge on any atom is 0.229 e. The van der Waals surface area contributed by atoms with Gasteiger partial charge < -0.3 is 9.47 Å². The van der Waals surface area contributed by atoms with E-state index < -0.39 is 0 Å². The van der Waals surface area contributed by atoms with Crippen molar-refractivity contribution >= 4 is 32.6 Å². The number of carbonyl (C=O) groups excluding carboxylic acids is 1. The summed E-state index contributed by atoms with van der Waals surface area (Å²) in [4.78, 5) is 20.6. The zero-order valence-electron chi connectivity index (χ0n) is 19.2. The van der Waals surface area contributed by atoms with Crippen molar-refractivity contribution in [3.05, 3.63) is 90.0 Å². The van der Waals surface area contributed by atoms with Gasteiger partial charge in [-0.2, -0.15) is 0 Å². The molecule has 5 nitrogen and oxygen atoms in total. The number of carbonyl (C=O) groups is 1. The monoisotopic (exact) mass is 472 g/mol. The number of rotatable bonds is 8. The average molecular weight is 473 g/mol. The highest BCUT2D eigenvalue weighted by Gasteiger charge is 2.29. The highest BCUT2D eigenvalue weighted by Crippen LogP contribution is 2.34. The average Bonchev–Trinajstić information content (AvgIpc) is 3.56. The number of benzene rings is 3. The summed E-state index contributed by atoms with van der Waals surface area (Å²) >= 11 is 1.54. The van der Waals surface area contributed by atoms with Crippen LogP contribution in [-0.4, -0.2) is 37.3 Å². The molecule has 1 amide bonds. The Kier molecular flexibility index (Phi) is 6.88. The number of aromatic nitrogens is 1. The molecule has 6 heteroatoms. The third-order valence-corrected chi connectivity index (χ3v) is 7.37. The van der Waals surface area contributed by atoms with E-state index in [2.05, 4.69) is 24.3 Å². The van der Waals surface area contributed by atoms with Crippen molar-refractivity contribution in [2.24, 2.45) is 0 Å². The first kappa shape index (κ1) is 22.6. The quantitative estimate of drug-likeness (QED) is 0.314. The second-order valence-corrected chi connectivity index (χ2v) is 9.56. The van der Waals surface area contributed by atoms with Crippen LogP contribution >= 0.6 is 11.3 Å². The molecule has 0 unspecified atom stereocenters. The molecule has 1 saturated heterocycles. The van der Waals surface area contributed by atoms with Crippen molar-refractivity contribution in [1.29, 1.82) is 0 Å².